The summed E-state index contributed by atoms with van der Waals surface area (Å²) < 4.78 is 47.3. The second-order valence-electron chi connectivity index (χ2n) is 7.16. The molecule has 0 saturated heterocycles. The topological polar surface area (TPSA) is 109 Å². The molecule has 1 aromatic carbocycles. The summed E-state index contributed by atoms with van der Waals surface area (Å²) in [6.07, 6.45) is -4.51. The molecule has 3 aromatic rings. The van der Waals surface area contributed by atoms with Crippen molar-refractivity contribution in [3.05, 3.63) is 59.1 Å². The largest absolute Gasteiger partial charge is 0.490 e. The number of rotatable bonds is 4. The van der Waals surface area contributed by atoms with Crippen LogP contribution in [0.3, 0.4) is 0 Å². The van der Waals surface area contributed by atoms with E-state index < -0.39 is 12.1 Å². The van der Waals surface area contributed by atoms with E-state index in [9.17, 15) is 17.6 Å². The van der Waals surface area contributed by atoms with E-state index in [1.54, 1.807) is 12.1 Å². The van der Waals surface area contributed by atoms with E-state index in [0.717, 1.165) is 41.8 Å². The molecule has 2 N–H and O–H groups in total. The number of hydrogen-bond acceptors (Lipinski definition) is 7. The third kappa shape index (κ3) is 6.14. The summed E-state index contributed by atoms with van der Waals surface area (Å²) in [5.41, 5.74) is 1.81. The molecule has 33 heavy (non-hydrogen) atoms. The third-order valence-electron chi connectivity index (χ3n) is 4.71. The number of alkyl halides is 3. The van der Waals surface area contributed by atoms with Crippen LogP contribution in [-0.4, -0.2) is 55.6 Å². The first-order valence-corrected chi connectivity index (χ1v) is 9.80. The van der Waals surface area contributed by atoms with E-state index in [0.29, 0.717) is 18.9 Å². The Balaban J connectivity index is 0.000000383. The first kappa shape index (κ1) is 23.9. The summed E-state index contributed by atoms with van der Waals surface area (Å²) in [6.45, 7) is 4.16. The number of nitrogens with one attached hydrogen (secondary N) is 1. The van der Waals surface area contributed by atoms with Crippen LogP contribution in [0, 0.1) is 12.7 Å². The van der Waals surface area contributed by atoms with Gasteiger partial charge in [0.1, 0.15) is 17.5 Å². The summed E-state index contributed by atoms with van der Waals surface area (Å²) in [4.78, 5) is 19.9. The molecule has 9 nitrogen and oxygen atoms in total. The lowest BCUT2D eigenvalue weighted by Gasteiger charge is -2.29. The molecule has 0 radical (unpaired) electrons. The van der Waals surface area contributed by atoms with Crippen LogP contribution in [-0.2, 0) is 24.3 Å². The van der Waals surface area contributed by atoms with Gasteiger partial charge in [0.25, 0.3) is 0 Å². The van der Waals surface area contributed by atoms with Gasteiger partial charge >= 0.3 is 12.1 Å². The van der Waals surface area contributed by atoms with Crippen molar-refractivity contribution in [3.63, 3.8) is 0 Å². The van der Waals surface area contributed by atoms with Gasteiger partial charge in [-0.1, -0.05) is 12.1 Å². The Hall–Kier alpha value is -3.77. The molecule has 0 unspecified atom stereocenters. The zero-order valence-electron chi connectivity index (χ0n) is 17.8. The van der Waals surface area contributed by atoms with Crippen molar-refractivity contribution in [1.82, 2.24) is 24.7 Å². The van der Waals surface area contributed by atoms with Gasteiger partial charge in [0, 0.05) is 38.3 Å². The highest BCUT2D eigenvalue weighted by Gasteiger charge is 2.38. The Kier molecular flexibility index (Phi) is 7.09. The maximum atomic E-state index is 13.4. The van der Waals surface area contributed by atoms with Crippen molar-refractivity contribution >= 4 is 17.7 Å². The number of carbonyl (C=O) groups is 1. The molecule has 0 amide bonds. The lowest BCUT2D eigenvalue weighted by molar-refractivity contribution is -0.192. The number of anilines is 2. The fourth-order valence-electron chi connectivity index (χ4n) is 3.20. The molecule has 1 aliphatic rings. The standard InChI is InChI=1S/C18H20FN7.C2HF3O2/c1-12-8-15(22-18(20-2)21-12)25-6-7-26-16(23-24-17(26)11-25)10-13-4-3-5-14(19)9-13;3-2(4,5)1(6)7/h3-5,8-9H,6-7,10-11H2,1-2H3,(H,20,21,22);(H,6,7). The Morgan fingerprint density at radius 2 is 1.91 bits per heavy atom. The maximum Gasteiger partial charge on any atom is 0.490 e. The molecule has 13 heteroatoms. The van der Waals surface area contributed by atoms with Crippen LogP contribution in [0.5, 0.6) is 0 Å². The molecule has 1 aliphatic heterocycles. The molecule has 3 heterocycles. The normalized spacial score (nSPS) is 13.1. The van der Waals surface area contributed by atoms with Crippen molar-refractivity contribution in [2.24, 2.45) is 0 Å². The predicted molar refractivity (Wildman–Crippen MR) is 110 cm³/mol. The fourth-order valence-corrected chi connectivity index (χ4v) is 3.20. The lowest BCUT2D eigenvalue weighted by atomic mass is 10.1. The Morgan fingerprint density at radius 3 is 2.55 bits per heavy atom. The van der Waals surface area contributed by atoms with Gasteiger partial charge in [-0.15, -0.1) is 10.2 Å². The van der Waals surface area contributed by atoms with Gasteiger partial charge in [0.2, 0.25) is 5.95 Å². The van der Waals surface area contributed by atoms with E-state index >= 15 is 0 Å². The summed E-state index contributed by atoms with van der Waals surface area (Å²) in [5, 5.41) is 18.8. The van der Waals surface area contributed by atoms with Crippen molar-refractivity contribution in [1.29, 1.82) is 0 Å². The molecule has 0 saturated carbocycles. The summed E-state index contributed by atoms with van der Waals surface area (Å²) in [5.74, 6) is 0.255. The second kappa shape index (κ2) is 9.79. The molecule has 2 aromatic heterocycles. The number of aryl methyl sites for hydroxylation is 1. The summed E-state index contributed by atoms with van der Waals surface area (Å²) in [6, 6.07) is 8.59. The monoisotopic (exact) mass is 467 g/mol. The van der Waals surface area contributed by atoms with Crippen LogP contribution < -0.4 is 10.2 Å². The minimum absolute atomic E-state index is 0.230. The molecule has 0 aliphatic carbocycles. The van der Waals surface area contributed by atoms with Crippen LogP contribution >= 0.6 is 0 Å². The van der Waals surface area contributed by atoms with Crippen LogP contribution in [0.1, 0.15) is 22.9 Å². The number of carboxylic acids is 1. The highest BCUT2D eigenvalue weighted by atomic mass is 19.4. The van der Waals surface area contributed by atoms with E-state index in [-0.39, 0.29) is 5.82 Å². The van der Waals surface area contributed by atoms with Gasteiger partial charge in [0.15, 0.2) is 5.82 Å². The van der Waals surface area contributed by atoms with Crippen LogP contribution in [0.25, 0.3) is 0 Å². The van der Waals surface area contributed by atoms with E-state index in [2.05, 4.69) is 34.9 Å². The average Bonchev–Trinajstić information content (AvgIpc) is 3.15. The minimum atomic E-state index is -5.08. The predicted octanol–water partition coefficient (Wildman–Crippen LogP) is 2.80. The van der Waals surface area contributed by atoms with Crippen LogP contribution in [0.15, 0.2) is 30.3 Å². The molecule has 0 bridgehead atoms. The van der Waals surface area contributed by atoms with E-state index in [1.165, 1.54) is 6.07 Å². The van der Waals surface area contributed by atoms with Crippen LogP contribution in [0.4, 0.5) is 29.3 Å². The number of aromatic nitrogens is 5. The molecule has 0 spiro atoms. The molecular weight excluding hydrogens is 446 g/mol. The van der Waals surface area contributed by atoms with Crippen molar-refractivity contribution in [2.45, 2.75) is 32.6 Å². The van der Waals surface area contributed by atoms with Gasteiger partial charge in [-0.25, -0.2) is 14.2 Å². The lowest BCUT2D eigenvalue weighted by Crippen LogP contribution is -2.35. The highest BCUT2D eigenvalue weighted by Crippen LogP contribution is 2.22. The SMILES string of the molecule is CNc1nc(C)cc(N2CCn3c(Cc4cccc(F)c4)nnc3C2)n1.O=C(O)C(F)(F)F. The zero-order valence-corrected chi connectivity index (χ0v) is 17.8. The zero-order chi connectivity index (χ0) is 24.2. The van der Waals surface area contributed by atoms with Crippen molar-refractivity contribution < 1.29 is 27.5 Å². The molecule has 0 atom stereocenters. The molecular formula is C20H21F4N7O2. The Labute approximate surface area is 186 Å². The summed E-state index contributed by atoms with van der Waals surface area (Å²) in [7, 11) is 1.81. The van der Waals surface area contributed by atoms with Crippen molar-refractivity contribution in [3.8, 4) is 0 Å². The van der Waals surface area contributed by atoms with E-state index in [4.69, 9.17) is 9.90 Å². The number of benzene rings is 1. The van der Waals surface area contributed by atoms with Gasteiger partial charge in [-0.2, -0.15) is 18.2 Å². The second-order valence-corrected chi connectivity index (χ2v) is 7.16. The number of halogens is 4. The average molecular weight is 467 g/mol. The quantitative estimate of drug-likeness (QED) is 0.564. The van der Waals surface area contributed by atoms with Gasteiger partial charge in [0.05, 0.1) is 6.54 Å². The third-order valence-corrected chi connectivity index (χ3v) is 4.71. The first-order valence-electron chi connectivity index (χ1n) is 9.80. The first-order chi connectivity index (χ1) is 15.6. The molecule has 0 fully saturated rings. The highest BCUT2D eigenvalue weighted by molar-refractivity contribution is 5.73. The number of nitrogens with zero attached hydrogens (tertiary/aromatic N) is 6. The molecule has 176 valence electrons. The smallest absolute Gasteiger partial charge is 0.475 e. The van der Waals surface area contributed by atoms with E-state index in [1.807, 2.05) is 26.1 Å². The Bertz CT molecular complexity index is 1130. The van der Waals surface area contributed by atoms with Gasteiger partial charge < -0.3 is 19.9 Å². The molecule has 4 rings (SSSR count). The fraction of sp³-hybridized carbons (Fsp3) is 0.350. The number of aliphatic carboxylic acids is 1. The van der Waals surface area contributed by atoms with Crippen LogP contribution in [0.2, 0.25) is 0 Å². The maximum absolute atomic E-state index is 13.4. The number of carboxylic acid groups (broad SMARTS) is 1. The van der Waals surface area contributed by atoms with Gasteiger partial charge in [-0.3, -0.25) is 0 Å². The number of hydrogen-bond donors (Lipinski definition) is 2. The number of fused-ring (bicyclic) bond motifs is 1. The summed E-state index contributed by atoms with van der Waals surface area (Å²) >= 11 is 0. The Morgan fingerprint density at radius 1 is 1.18 bits per heavy atom. The van der Waals surface area contributed by atoms with Crippen molar-refractivity contribution in [2.75, 3.05) is 23.8 Å². The van der Waals surface area contributed by atoms with Gasteiger partial charge in [-0.05, 0) is 24.6 Å². The minimum Gasteiger partial charge on any atom is -0.475 e.